The number of hydrogen-bond donors (Lipinski definition) is 1. The maximum Gasteiger partial charge on any atom is 0.490 e. The molecule has 2 aromatic rings. The molecule has 4 heterocycles. The number of carboxylic acid groups (broad SMARTS) is 1. The van der Waals surface area contributed by atoms with Crippen molar-refractivity contribution < 1.29 is 32.3 Å². The van der Waals surface area contributed by atoms with Crippen molar-refractivity contribution in [3.63, 3.8) is 0 Å². The third-order valence-corrected chi connectivity index (χ3v) is 4.98. The number of aliphatic carboxylic acids is 1. The third kappa shape index (κ3) is 4.33. The van der Waals surface area contributed by atoms with E-state index in [2.05, 4.69) is 14.9 Å². The highest BCUT2D eigenvalue weighted by Crippen LogP contribution is 2.34. The number of halogens is 3. The second-order valence-corrected chi connectivity index (χ2v) is 6.65. The van der Waals surface area contributed by atoms with Gasteiger partial charge in [0.2, 0.25) is 5.95 Å². The predicted octanol–water partition coefficient (Wildman–Crippen LogP) is 2.50. The molecule has 8 nitrogen and oxygen atoms in total. The van der Waals surface area contributed by atoms with Crippen molar-refractivity contribution in [1.82, 2.24) is 14.9 Å². The fraction of sp³-hybridized carbons (Fsp3) is 0.444. The van der Waals surface area contributed by atoms with Gasteiger partial charge in [-0.25, -0.2) is 14.8 Å². The summed E-state index contributed by atoms with van der Waals surface area (Å²) in [6.07, 6.45) is 1.96. The van der Waals surface area contributed by atoms with Gasteiger partial charge in [-0.15, -0.1) is 0 Å². The second-order valence-electron chi connectivity index (χ2n) is 6.65. The van der Waals surface area contributed by atoms with Gasteiger partial charge in [0.05, 0.1) is 23.9 Å². The Bertz CT molecular complexity index is 871. The van der Waals surface area contributed by atoms with E-state index in [1.54, 1.807) is 24.7 Å². The van der Waals surface area contributed by atoms with Crippen molar-refractivity contribution in [2.24, 2.45) is 0 Å². The number of fused-ring (bicyclic) bond motifs is 1. The van der Waals surface area contributed by atoms with Gasteiger partial charge in [-0.3, -0.25) is 4.79 Å². The molecule has 2 saturated heterocycles. The lowest BCUT2D eigenvalue weighted by atomic mass is 10.1. The molecule has 156 valence electrons. The van der Waals surface area contributed by atoms with E-state index in [1.165, 1.54) is 0 Å². The molecule has 0 bridgehead atoms. The van der Waals surface area contributed by atoms with Crippen LogP contribution in [-0.4, -0.2) is 63.2 Å². The van der Waals surface area contributed by atoms with Crippen LogP contribution in [0.25, 0.3) is 0 Å². The lowest BCUT2D eigenvalue weighted by molar-refractivity contribution is -0.192. The van der Waals surface area contributed by atoms with Crippen LogP contribution in [0.15, 0.2) is 35.2 Å². The number of anilines is 1. The molecule has 0 radical (unpaired) electrons. The number of aryl methyl sites for hydroxylation is 1. The van der Waals surface area contributed by atoms with Gasteiger partial charge in [-0.1, -0.05) is 0 Å². The Balaban J connectivity index is 0.000000298. The Morgan fingerprint density at radius 1 is 1.17 bits per heavy atom. The van der Waals surface area contributed by atoms with E-state index >= 15 is 0 Å². The molecule has 2 aliphatic heterocycles. The fourth-order valence-corrected chi connectivity index (χ4v) is 3.69. The number of nitrogens with zero attached hydrogens (tertiary/aromatic N) is 4. The molecule has 2 atom stereocenters. The van der Waals surface area contributed by atoms with Crippen molar-refractivity contribution in [3.05, 3.63) is 42.1 Å². The van der Waals surface area contributed by atoms with Crippen molar-refractivity contribution in [3.8, 4) is 0 Å². The quantitative estimate of drug-likeness (QED) is 0.809. The Kier molecular flexibility index (Phi) is 5.76. The number of aromatic nitrogens is 2. The van der Waals surface area contributed by atoms with E-state index in [-0.39, 0.29) is 11.9 Å². The lowest BCUT2D eigenvalue weighted by Gasteiger charge is -2.25. The maximum absolute atomic E-state index is 12.7. The van der Waals surface area contributed by atoms with E-state index in [1.807, 2.05) is 17.9 Å². The molecule has 4 rings (SSSR count). The highest BCUT2D eigenvalue weighted by Gasteiger charge is 2.45. The van der Waals surface area contributed by atoms with Crippen LogP contribution in [0.1, 0.15) is 29.0 Å². The molecule has 2 aliphatic rings. The molecule has 0 saturated carbocycles. The zero-order chi connectivity index (χ0) is 21.2. The zero-order valence-electron chi connectivity index (χ0n) is 15.5. The lowest BCUT2D eigenvalue weighted by Crippen LogP contribution is -2.40. The zero-order valence-corrected chi connectivity index (χ0v) is 15.5. The first-order valence-corrected chi connectivity index (χ1v) is 8.89. The Morgan fingerprint density at radius 2 is 1.79 bits per heavy atom. The topological polar surface area (TPSA) is 99.8 Å². The summed E-state index contributed by atoms with van der Waals surface area (Å²) in [5.74, 6) is -1.22. The summed E-state index contributed by atoms with van der Waals surface area (Å²) >= 11 is 0. The number of rotatable bonds is 2. The molecule has 1 amide bonds. The Hall–Kier alpha value is -3.11. The molecule has 11 heteroatoms. The second kappa shape index (κ2) is 8.10. The van der Waals surface area contributed by atoms with E-state index < -0.39 is 12.1 Å². The molecule has 29 heavy (non-hydrogen) atoms. The van der Waals surface area contributed by atoms with Crippen LogP contribution in [0, 0.1) is 6.92 Å². The summed E-state index contributed by atoms with van der Waals surface area (Å²) in [5, 5.41) is 7.12. The van der Waals surface area contributed by atoms with Gasteiger partial charge in [0, 0.05) is 25.5 Å². The van der Waals surface area contributed by atoms with Gasteiger partial charge >= 0.3 is 12.1 Å². The first-order valence-electron chi connectivity index (χ1n) is 8.89. The third-order valence-electron chi connectivity index (χ3n) is 4.98. The standard InChI is InChI=1S/C16H18N4O2.C2HF3O2/c1-11-12(5-10-22-11)15(21)19-8-3-14-13(19)4-9-20(14)16-17-6-2-7-18-16;3-2(4,5)1(6)7/h2,5-7,10,13-14H,3-4,8-9H2,1H3;(H,6,7)/t13-,14+;/m1./s1. The molecular weight excluding hydrogens is 393 g/mol. The number of likely N-dealkylation sites (tertiary alicyclic amines) is 1. The number of hydrogen-bond acceptors (Lipinski definition) is 6. The number of furan rings is 1. The summed E-state index contributed by atoms with van der Waals surface area (Å²) in [6.45, 7) is 3.51. The van der Waals surface area contributed by atoms with Gasteiger partial charge < -0.3 is 19.3 Å². The van der Waals surface area contributed by atoms with Crippen LogP contribution >= 0.6 is 0 Å². The number of carboxylic acids is 1. The molecular formula is C18H19F3N4O4. The van der Waals surface area contributed by atoms with Crippen LogP contribution < -0.4 is 4.90 Å². The minimum atomic E-state index is -5.08. The largest absolute Gasteiger partial charge is 0.490 e. The van der Waals surface area contributed by atoms with E-state index in [0.29, 0.717) is 17.4 Å². The summed E-state index contributed by atoms with van der Waals surface area (Å²) < 4.78 is 37.0. The summed E-state index contributed by atoms with van der Waals surface area (Å²) in [4.78, 5) is 34.6. The smallest absolute Gasteiger partial charge is 0.475 e. The summed E-state index contributed by atoms with van der Waals surface area (Å²) in [5.41, 5.74) is 0.676. The van der Waals surface area contributed by atoms with Crippen LogP contribution in [0.5, 0.6) is 0 Å². The van der Waals surface area contributed by atoms with Crippen molar-refractivity contribution >= 4 is 17.8 Å². The molecule has 0 unspecified atom stereocenters. The molecule has 2 aromatic heterocycles. The number of carbonyl (C=O) groups is 2. The molecule has 0 aromatic carbocycles. The van der Waals surface area contributed by atoms with Gasteiger partial charge in [0.25, 0.3) is 5.91 Å². The summed E-state index contributed by atoms with van der Waals surface area (Å²) in [6, 6.07) is 4.14. The van der Waals surface area contributed by atoms with Crippen molar-refractivity contribution in [2.45, 2.75) is 38.0 Å². The number of alkyl halides is 3. The Labute approximate surface area is 163 Å². The number of carbonyl (C=O) groups excluding carboxylic acids is 1. The van der Waals surface area contributed by atoms with Gasteiger partial charge in [0.1, 0.15) is 5.76 Å². The average Bonchev–Trinajstić information content (AvgIpc) is 3.37. The minimum Gasteiger partial charge on any atom is -0.475 e. The van der Waals surface area contributed by atoms with Crippen molar-refractivity contribution in [1.29, 1.82) is 0 Å². The SMILES string of the molecule is Cc1occc1C(=O)N1CC[C@H]2[C@H]1CCN2c1ncccn1.O=C(O)C(F)(F)F. The Morgan fingerprint density at radius 3 is 2.34 bits per heavy atom. The van der Waals surface area contributed by atoms with Crippen LogP contribution in [0.4, 0.5) is 19.1 Å². The molecule has 0 spiro atoms. The highest BCUT2D eigenvalue weighted by atomic mass is 19.4. The van der Waals surface area contributed by atoms with Crippen LogP contribution in [-0.2, 0) is 4.79 Å². The first-order chi connectivity index (χ1) is 13.7. The van der Waals surface area contributed by atoms with Gasteiger partial charge in [-0.05, 0) is 31.9 Å². The molecule has 0 aliphatic carbocycles. The first kappa shape index (κ1) is 20.6. The maximum atomic E-state index is 12.7. The number of amides is 1. The summed E-state index contributed by atoms with van der Waals surface area (Å²) in [7, 11) is 0. The fourth-order valence-electron chi connectivity index (χ4n) is 3.69. The monoisotopic (exact) mass is 412 g/mol. The van der Waals surface area contributed by atoms with Crippen LogP contribution in [0.3, 0.4) is 0 Å². The van der Waals surface area contributed by atoms with Gasteiger partial charge in [0.15, 0.2) is 0 Å². The van der Waals surface area contributed by atoms with E-state index in [9.17, 15) is 18.0 Å². The predicted molar refractivity (Wildman–Crippen MR) is 94.4 cm³/mol. The highest BCUT2D eigenvalue weighted by molar-refractivity contribution is 5.95. The minimum absolute atomic E-state index is 0.0783. The molecule has 1 N–H and O–H groups in total. The van der Waals surface area contributed by atoms with Crippen LogP contribution in [0.2, 0.25) is 0 Å². The normalized spacial score (nSPS) is 20.8. The molecule has 2 fully saturated rings. The van der Waals surface area contributed by atoms with E-state index in [4.69, 9.17) is 14.3 Å². The van der Waals surface area contributed by atoms with E-state index in [0.717, 1.165) is 31.9 Å². The van der Waals surface area contributed by atoms with Crippen molar-refractivity contribution in [2.75, 3.05) is 18.0 Å². The average molecular weight is 412 g/mol. The van der Waals surface area contributed by atoms with Gasteiger partial charge in [-0.2, -0.15) is 13.2 Å².